The number of fused-ring (bicyclic) bond motifs is 1. The maximum absolute atomic E-state index is 12.9. The molecule has 0 saturated carbocycles. The molecule has 0 unspecified atom stereocenters. The molecule has 1 N–H and O–H groups in total. The summed E-state index contributed by atoms with van der Waals surface area (Å²) < 4.78 is 14.6. The monoisotopic (exact) mass is 291 g/mol. The largest absolute Gasteiger partial charge is 0.390 e. The maximum Gasteiger partial charge on any atom is 0.213 e. The van der Waals surface area contributed by atoms with Crippen molar-refractivity contribution >= 4 is 16.3 Å². The van der Waals surface area contributed by atoms with E-state index in [9.17, 15) is 9.50 Å². The molecule has 1 aromatic carbocycles. The van der Waals surface area contributed by atoms with Crippen molar-refractivity contribution in [1.29, 1.82) is 0 Å². The highest BCUT2D eigenvalue weighted by Gasteiger charge is 2.18. The van der Waals surface area contributed by atoms with Gasteiger partial charge in [-0.1, -0.05) is 25.2 Å². The molecule has 0 aliphatic heterocycles. The molecule has 2 heterocycles. The Kier molecular flexibility index (Phi) is 3.27. The molecule has 4 nitrogen and oxygen atoms in total. The third-order valence-electron chi connectivity index (χ3n) is 3.12. The molecular weight excluding hydrogens is 277 g/mol. The Morgan fingerprint density at radius 2 is 2.00 bits per heavy atom. The molecule has 20 heavy (non-hydrogen) atoms. The topological polar surface area (TPSA) is 50.4 Å². The van der Waals surface area contributed by atoms with Crippen LogP contribution in [-0.4, -0.2) is 19.7 Å². The van der Waals surface area contributed by atoms with Gasteiger partial charge < -0.3 is 5.11 Å². The van der Waals surface area contributed by atoms with Crippen molar-refractivity contribution < 1.29 is 9.50 Å². The second kappa shape index (κ2) is 4.96. The Balaban J connectivity index is 2.12. The molecule has 0 radical (unpaired) electrons. The van der Waals surface area contributed by atoms with Crippen LogP contribution < -0.4 is 0 Å². The minimum Gasteiger partial charge on any atom is -0.390 e. The van der Waals surface area contributed by atoms with Gasteiger partial charge in [0.25, 0.3) is 0 Å². The highest BCUT2D eigenvalue weighted by Crippen LogP contribution is 2.29. The van der Waals surface area contributed by atoms with Gasteiger partial charge in [-0.15, -0.1) is 0 Å². The predicted molar refractivity (Wildman–Crippen MR) is 76.3 cm³/mol. The molecule has 0 atom stereocenters. The van der Waals surface area contributed by atoms with E-state index in [1.807, 2.05) is 13.8 Å². The Bertz CT molecular complexity index is 746. The number of benzene rings is 1. The fourth-order valence-electron chi connectivity index (χ4n) is 2.13. The van der Waals surface area contributed by atoms with Crippen LogP contribution in [0.15, 0.2) is 24.3 Å². The molecule has 3 aromatic rings. The fourth-order valence-corrected chi connectivity index (χ4v) is 3.06. The average Bonchev–Trinajstić information content (AvgIpc) is 2.96. The Labute approximate surface area is 119 Å². The molecule has 2 aromatic heterocycles. The van der Waals surface area contributed by atoms with E-state index < -0.39 is 0 Å². The molecular formula is C14H14FN3OS. The van der Waals surface area contributed by atoms with E-state index in [1.54, 1.807) is 16.6 Å². The van der Waals surface area contributed by atoms with Gasteiger partial charge in [-0.2, -0.15) is 5.10 Å². The van der Waals surface area contributed by atoms with Crippen molar-refractivity contribution in [2.45, 2.75) is 26.4 Å². The summed E-state index contributed by atoms with van der Waals surface area (Å²) in [6.07, 6.45) is 0. The van der Waals surface area contributed by atoms with Crippen molar-refractivity contribution in [3.63, 3.8) is 0 Å². The molecule has 0 amide bonds. The van der Waals surface area contributed by atoms with Crippen molar-refractivity contribution in [2.24, 2.45) is 0 Å². The molecule has 0 aliphatic rings. The summed E-state index contributed by atoms with van der Waals surface area (Å²) in [6, 6.07) is 6.20. The number of rotatable bonds is 3. The van der Waals surface area contributed by atoms with Crippen LogP contribution in [-0.2, 0) is 6.61 Å². The first-order chi connectivity index (χ1) is 9.60. The van der Waals surface area contributed by atoms with Crippen LogP contribution >= 0.6 is 11.3 Å². The van der Waals surface area contributed by atoms with Crippen LogP contribution in [0.25, 0.3) is 15.5 Å². The van der Waals surface area contributed by atoms with E-state index >= 15 is 0 Å². The van der Waals surface area contributed by atoms with Gasteiger partial charge in [0.15, 0.2) is 0 Å². The van der Waals surface area contributed by atoms with Crippen molar-refractivity contribution in [2.75, 3.05) is 0 Å². The molecule has 3 rings (SSSR count). The lowest BCUT2D eigenvalue weighted by molar-refractivity contribution is 0.272. The lowest BCUT2D eigenvalue weighted by Gasteiger charge is -2.02. The van der Waals surface area contributed by atoms with E-state index in [0.717, 1.165) is 26.9 Å². The van der Waals surface area contributed by atoms with E-state index in [0.29, 0.717) is 0 Å². The second-order valence-electron chi connectivity index (χ2n) is 4.87. The Hall–Kier alpha value is -1.79. The number of aliphatic hydroxyl groups is 1. The van der Waals surface area contributed by atoms with Gasteiger partial charge in [-0.25, -0.2) is 13.9 Å². The molecule has 104 valence electrons. The minimum atomic E-state index is -0.270. The van der Waals surface area contributed by atoms with Crippen LogP contribution in [0.3, 0.4) is 0 Å². The van der Waals surface area contributed by atoms with Crippen molar-refractivity contribution in [1.82, 2.24) is 14.6 Å². The standard InChI is InChI=1S/C14H14FN3OS/c1-8(2)12-11(7-19)18-14(16-12)20-13(17-18)9-3-5-10(15)6-4-9/h3-6,8,19H,7H2,1-2H3. The van der Waals surface area contributed by atoms with Gasteiger partial charge in [0.1, 0.15) is 10.8 Å². The number of nitrogens with zero attached hydrogens (tertiary/aromatic N) is 3. The van der Waals surface area contributed by atoms with E-state index in [2.05, 4.69) is 10.1 Å². The molecule has 0 spiro atoms. The van der Waals surface area contributed by atoms with E-state index in [-0.39, 0.29) is 18.3 Å². The zero-order chi connectivity index (χ0) is 14.3. The van der Waals surface area contributed by atoms with Crippen LogP contribution in [0, 0.1) is 5.82 Å². The van der Waals surface area contributed by atoms with E-state index in [4.69, 9.17) is 0 Å². The normalized spacial score (nSPS) is 11.7. The van der Waals surface area contributed by atoms with Crippen LogP contribution in [0.2, 0.25) is 0 Å². The minimum absolute atomic E-state index is 0.0960. The maximum atomic E-state index is 12.9. The molecule has 0 fully saturated rings. The Morgan fingerprint density at radius 3 is 2.60 bits per heavy atom. The summed E-state index contributed by atoms with van der Waals surface area (Å²) in [5, 5.41) is 14.8. The smallest absolute Gasteiger partial charge is 0.213 e. The summed E-state index contributed by atoms with van der Waals surface area (Å²) in [6.45, 7) is 3.97. The molecule has 0 aliphatic carbocycles. The molecule has 6 heteroatoms. The first-order valence-electron chi connectivity index (χ1n) is 6.35. The second-order valence-corrected chi connectivity index (χ2v) is 5.82. The van der Waals surface area contributed by atoms with Crippen LogP contribution in [0.4, 0.5) is 4.39 Å². The summed E-state index contributed by atoms with van der Waals surface area (Å²) >= 11 is 1.43. The van der Waals surface area contributed by atoms with Gasteiger partial charge in [-0.3, -0.25) is 0 Å². The zero-order valence-electron chi connectivity index (χ0n) is 11.2. The SMILES string of the molecule is CC(C)c1nc2sc(-c3ccc(F)cc3)nn2c1CO. The van der Waals surface area contributed by atoms with Crippen molar-refractivity contribution in [3.05, 3.63) is 41.5 Å². The molecule has 0 saturated heterocycles. The van der Waals surface area contributed by atoms with Gasteiger partial charge in [-0.05, 0) is 30.2 Å². The highest BCUT2D eigenvalue weighted by molar-refractivity contribution is 7.19. The first kappa shape index (κ1) is 13.2. The van der Waals surface area contributed by atoms with Gasteiger partial charge >= 0.3 is 0 Å². The zero-order valence-corrected chi connectivity index (χ0v) is 12.0. The number of hydrogen-bond donors (Lipinski definition) is 1. The van der Waals surface area contributed by atoms with Gasteiger partial charge in [0.2, 0.25) is 4.96 Å². The van der Waals surface area contributed by atoms with Crippen LogP contribution in [0.5, 0.6) is 0 Å². The summed E-state index contributed by atoms with van der Waals surface area (Å²) in [4.78, 5) is 5.28. The third-order valence-corrected chi connectivity index (χ3v) is 4.07. The predicted octanol–water partition coefficient (Wildman–Crippen LogP) is 3.21. The summed E-state index contributed by atoms with van der Waals surface area (Å²) in [5.41, 5.74) is 2.44. The van der Waals surface area contributed by atoms with Crippen molar-refractivity contribution in [3.8, 4) is 10.6 Å². The third kappa shape index (κ3) is 2.10. The van der Waals surface area contributed by atoms with E-state index in [1.165, 1.54) is 23.5 Å². The van der Waals surface area contributed by atoms with Crippen LogP contribution in [0.1, 0.15) is 31.2 Å². The lowest BCUT2D eigenvalue weighted by atomic mass is 10.1. The number of halogens is 1. The number of imidazole rings is 1. The summed E-state index contributed by atoms with van der Waals surface area (Å²) in [7, 11) is 0. The lowest BCUT2D eigenvalue weighted by Crippen LogP contribution is -1.99. The highest BCUT2D eigenvalue weighted by atomic mass is 32.1. The first-order valence-corrected chi connectivity index (χ1v) is 7.17. The van der Waals surface area contributed by atoms with Gasteiger partial charge in [0, 0.05) is 5.56 Å². The number of aliphatic hydroxyl groups excluding tert-OH is 1. The number of aromatic nitrogens is 3. The molecule has 0 bridgehead atoms. The number of hydrogen-bond acceptors (Lipinski definition) is 4. The van der Waals surface area contributed by atoms with Gasteiger partial charge in [0.05, 0.1) is 18.0 Å². The summed E-state index contributed by atoms with van der Waals surface area (Å²) in [5.74, 6) is -0.0338. The fraction of sp³-hybridized carbons (Fsp3) is 0.286. The Morgan fingerprint density at radius 1 is 1.30 bits per heavy atom. The average molecular weight is 291 g/mol. The quantitative estimate of drug-likeness (QED) is 0.806.